The molecule has 0 bridgehead atoms. The maximum Gasteiger partial charge on any atom is 0.152 e. The number of para-hydroxylation sites is 1. The number of hydrogen-bond donors (Lipinski definition) is 0. The van der Waals surface area contributed by atoms with Crippen LogP contribution in [0.25, 0.3) is 38.6 Å². The molecule has 3 heteroatoms. The van der Waals surface area contributed by atoms with Crippen molar-refractivity contribution in [2.75, 3.05) is 14.2 Å². The van der Waals surface area contributed by atoms with E-state index in [2.05, 4.69) is 77.4 Å². The largest absolute Gasteiger partial charge is 0.497 e. The first-order chi connectivity index (χ1) is 14.3. The maximum absolute atomic E-state index is 5.93. The summed E-state index contributed by atoms with van der Waals surface area (Å²) in [5, 5.41) is 3.52. The van der Waals surface area contributed by atoms with Gasteiger partial charge >= 0.3 is 0 Å². The summed E-state index contributed by atoms with van der Waals surface area (Å²) in [5.41, 5.74) is 4.34. The van der Waals surface area contributed by atoms with Gasteiger partial charge in [-0.2, -0.15) is 0 Å². The fourth-order valence-electron chi connectivity index (χ4n) is 4.01. The van der Waals surface area contributed by atoms with E-state index >= 15 is 0 Å². The Balaban J connectivity index is 1.84. The molecule has 1 heterocycles. The number of methoxy groups -OCH3 is 2. The van der Waals surface area contributed by atoms with Gasteiger partial charge in [-0.3, -0.25) is 0 Å². The second-order valence-corrected chi connectivity index (χ2v) is 6.99. The second kappa shape index (κ2) is 7.02. The maximum atomic E-state index is 5.93. The molecule has 0 aliphatic heterocycles. The zero-order valence-electron chi connectivity index (χ0n) is 16.4. The molecule has 142 valence electrons. The van der Waals surface area contributed by atoms with Gasteiger partial charge in [0.25, 0.3) is 0 Å². The van der Waals surface area contributed by atoms with Crippen molar-refractivity contribution in [3.63, 3.8) is 0 Å². The van der Waals surface area contributed by atoms with Gasteiger partial charge in [0.1, 0.15) is 5.75 Å². The lowest BCUT2D eigenvalue weighted by atomic mass is 10.0. The van der Waals surface area contributed by atoms with Gasteiger partial charge in [0, 0.05) is 16.6 Å². The minimum Gasteiger partial charge on any atom is -0.497 e. The minimum atomic E-state index is 0.837. The monoisotopic (exact) mass is 379 g/mol. The normalized spacial score (nSPS) is 11.1. The lowest BCUT2D eigenvalue weighted by Gasteiger charge is -2.13. The summed E-state index contributed by atoms with van der Waals surface area (Å²) in [6.07, 6.45) is 0. The molecule has 4 aromatic carbocycles. The van der Waals surface area contributed by atoms with Crippen LogP contribution < -0.4 is 9.47 Å². The van der Waals surface area contributed by atoms with E-state index in [1.54, 1.807) is 14.2 Å². The van der Waals surface area contributed by atoms with Crippen LogP contribution in [0.15, 0.2) is 91.0 Å². The molecule has 1 aromatic heterocycles. The van der Waals surface area contributed by atoms with Crippen molar-refractivity contribution >= 4 is 21.7 Å². The van der Waals surface area contributed by atoms with E-state index in [9.17, 15) is 0 Å². The number of fused-ring (bicyclic) bond motifs is 2. The third-order valence-electron chi connectivity index (χ3n) is 5.39. The predicted octanol–water partition coefficient (Wildman–Crippen LogP) is 6.47. The molecule has 5 aromatic rings. The molecular weight excluding hydrogens is 358 g/mol. The van der Waals surface area contributed by atoms with Crippen molar-refractivity contribution < 1.29 is 9.47 Å². The highest BCUT2D eigenvalue weighted by molar-refractivity contribution is 5.98. The van der Waals surface area contributed by atoms with E-state index in [0.29, 0.717) is 0 Å². The zero-order chi connectivity index (χ0) is 19.8. The molecule has 29 heavy (non-hydrogen) atoms. The Hall–Kier alpha value is -3.72. The highest BCUT2D eigenvalue weighted by Crippen LogP contribution is 2.42. The van der Waals surface area contributed by atoms with E-state index < -0.39 is 0 Å². The number of hydrogen-bond acceptors (Lipinski definition) is 2. The van der Waals surface area contributed by atoms with Gasteiger partial charge in [-0.1, -0.05) is 48.5 Å². The Morgan fingerprint density at radius 1 is 0.655 bits per heavy atom. The van der Waals surface area contributed by atoms with Crippen LogP contribution in [0.1, 0.15) is 0 Å². The number of aromatic nitrogens is 1. The average Bonchev–Trinajstić information content (AvgIpc) is 3.13. The minimum absolute atomic E-state index is 0.837. The second-order valence-electron chi connectivity index (χ2n) is 6.99. The summed E-state index contributed by atoms with van der Waals surface area (Å²) in [6, 6.07) is 31.5. The van der Waals surface area contributed by atoms with Crippen LogP contribution in [-0.4, -0.2) is 18.8 Å². The quantitative estimate of drug-likeness (QED) is 0.357. The topological polar surface area (TPSA) is 23.4 Å². The first-order valence-electron chi connectivity index (χ1n) is 9.61. The van der Waals surface area contributed by atoms with Gasteiger partial charge in [-0.05, 0) is 53.2 Å². The molecule has 0 amide bonds. The molecule has 0 atom stereocenters. The van der Waals surface area contributed by atoms with Gasteiger partial charge in [0.05, 0.1) is 25.4 Å². The molecule has 0 aliphatic rings. The molecule has 0 spiro atoms. The van der Waals surface area contributed by atoms with Crippen molar-refractivity contribution in [1.29, 1.82) is 0 Å². The Kier molecular flexibility index (Phi) is 4.21. The molecule has 0 aliphatic carbocycles. The lowest BCUT2D eigenvalue weighted by Crippen LogP contribution is -1.98. The van der Waals surface area contributed by atoms with Gasteiger partial charge in [-0.15, -0.1) is 0 Å². The molecule has 0 saturated carbocycles. The Morgan fingerprint density at radius 3 is 2.14 bits per heavy atom. The molecular formula is C26H21NO2. The van der Waals surface area contributed by atoms with Crippen LogP contribution in [-0.2, 0) is 0 Å². The van der Waals surface area contributed by atoms with Gasteiger partial charge in [0.15, 0.2) is 5.75 Å². The SMILES string of the molecule is COc1ccc(-n2c(-c3ccc4ccccc4c3)c(OC)c3ccccc32)cc1. The number of nitrogens with zero attached hydrogens (tertiary/aromatic N) is 1. The van der Waals surface area contributed by atoms with Gasteiger partial charge < -0.3 is 14.0 Å². The Morgan fingerprint density at radius 2 is 1.38 bits per heavy atom. The molecule has 0 N–H and O–H groups in total. The Labute approximate surface area is 169 Å². The number of rotatable bonds is 4. The van der Waals surface area contributed by atoms with Crippen molar-refractivity contribution in [1.82, 2.24) is 4.57 Å². The van der Waals surface area contributed by atoms with Crippen molar-refractivity contribution in [2.24, 2.45) is 0 Å². The molecule has 0 radical (unpaired) electrons. The summed E-state index contributed by atoms with van der Waals surface area (Å²) < 4.78 is 13.5. The first-order valence-corrected chi connectivity index (χ1v) is 9.61. The van der Waals surface area contributed by atoms with E-state index in [4.69, 9.17) is 9.47 Å². The van der Waals surface area contributed by atoms with E-state index in [1.807, 2.05) is 18.2 Å². The molecule has 3 nitrogen and oxygen atoms in total. The van der Waals surface area contributed by atoms with Crippen LogP contribution in [0.5, 0.6) is 11.5 Å². The van der Waals surface area contributed by atoms with Crippen LogP contribution in [0.3, 0.4) is 0 Å². The molecule has 0 fully saturated rings. The van der Waals surface area contributed by atoms with Crippen molar-refractivity contribution in [3.05, 3.63) is 91.0 Å². The molecule has 0 unspecified atom stereocenters. The third kappa shape index (κ3) is 2.83. The highest BCUT2D eigenvalue weighted by atomic mass is 16.5. The third-order valence-corrected chi connectivity index (χ3v) is 5.39. The first kappa shape index (κ1) is 17.4. The summed E-state index contributed by atoms with van der Waals surface area (Å²) in [7, 11) is 3.42. The van der Waals surface area contributed by atoms with Crippen molar-refractivity contribution in [3.8, 4) is 28.4 Å². The predicted molar refractivity (Wildman–Crippen MR) is 119 cm³/mol. The van der Waals surface area contributed by atoms with Gasteiger partial charge in [0.2, 0.25) is 0 Å². The number of ether oxygens (including phenoxy) is 2. The molecule has 5 rings (SSSR count). The summed E-state index contributed by atoms with van der Waals surface area (Å²) in [6.45, 7) is 0. The zero-order valence-corrected chi connectivity index (χ0v) is 16.4. The van der Waals surface area contributed by atoms with Crippen molar-refractivity contribution in [2.45, 2.75) is 0 Å². The van der Waals surface area contributed by atoms with E-state index in [0.717, 1.165) is 39.3 Å². The smallest absolute Gasteiger partial charge is 0.152 e. The van der Waals surface area contributed by atoms with E-state index in [1.165, 1.54) is 10.8 Å². The summed E-state index contributed by atoms with van der Waals surface area (Å²) >= 11 is 0. The lowest BCUT2D eigenvalue weighted by molar-refractivity contribution is 0.414. The molecule has 0 saturated heterocycles. The summed E-state index contributed by atoms with van der Waals surface area (Å²) in [5.74, 6) is 1.72. The van der Waals surface area contributed by atoms with Gasteiger partial charge in [-0.25, -0.2) is 0 Å². The number of benzene rings is 4. The van der Waals surface area contributed by atoms with Crippen LogP contribution >= 0.6 is 0 Å². The van der Waals surface area contributed by atoms with Crippen LogP contribution in [0.2, 0.25) is 0 Å². The fourth-order valence-corrected chi connectivity index (χ4v) is 4.01. The summed E-state index contributed by atoms with van der Waals surface area (Å²) in [4.78, 5) is 0. The Bertz CT molecular complexity index is 1320. The highest BCUT2D eigenvalue weighted by Gasteiger charge is 2.20. The standard InChI is InChI=1S/C26H21NO2/c1-28-22-15-13-21(14-16-22)27-24-10-6-5-9-23(24)26(29-2)25(27)20-12-11-18-7-3-4-8-19(18)17-20/h3-17H,1-2H3. The fraction of sp³-hybridized carbons (Fsp3) is 0.0769. The van der Waals surface area contributed by atoms with Crippen LogP contribution in [0.4, 0.5) is 0 Å². The average molecular weight is 379 g/mol. The van der Waals surface area contributed by atoms with E-state index in [-0.39, 0.29) is 0 Å². The van der Waals surface area contributed by atoms with Crippen LogP contribution in [0, 0.1) is 0 Å².